The molecule has 0 radical (unpaired) electrons. The van der Waals surface area contributed by atoms with Gasteiger partial charge in [0.05, 0.1) is 5.71 Å². The van der Waals surface area contributed by atoms with Crippen LogP contribution < -0.4 is 5.32 Å². The zero-order chi connectivity index (χ0) is 25.4. The summed E-state index contributed by atoms with van der Waals surface area (Å²) >= 11 is 0. The Morgan fingerprint density at radius 3 is 2.69 bits per heavy atom. The zero-order valence-corrected chi connectivity index (χ0v) is 21.8. The second kappa shape index (κ2) is 9.71. The number of amides is 1. The quantitative estimate of drug-likeness (QED) is 0.435. The molecule has 0 aliphatic heterocycles. The SMILES string of the molecule is C#CC1(O)CCC2C3CCC4=CC(=NOCC(=O)NCCc5ccccc5)CCC4(C)C3CCC21C. The van der Waals surface area contributed by atoms with E-state index in [1.54, 1.807) is 0 Å². The third-order valence-electron chi connectivity index (χ3n) is 10.3. The van der Waals surface area contributed by atoms with Gasteiger partial charge in [-0.2, -0.15) is 0 Å². The predicted octanol–water partition coefficient (Wildman–Crippen LogP) is 5.05. The van der Waals surface area contributed by atoms with Crippen molar-refractivity contribution >= 4 is 11.6 Å². The lowest BCUT2D eigenvalue weighted by Crippen LogP contribution is -2.54. The number of terminal acetylenes is 1. The van der Waals surface area contributed by atoms with Gasteiger partial charge >= 0.3 is 0 Å². The van der Waals surface area contributed by atoms with Gasteiger partial charge in [-0.1, -0.05) is 60.8 Å². The molecule has 5 nitrogen and oxygen atoms in total. The maximum absolute atomic E-state index is 12.1. The molecule has 6 atom stereocenters. The first-order valence-electron chi connectivity index (χ1n) is 13.7. The molecule has 36 heavy (non-hydrogen) atoms. The largest absolute Gasteiger partial charge is 0.385 e. The lowest BCUT2D eigenvalue weighted by molar-refractivity contribution is -0.125. The molecule has 1 amide bonds. The van der Waals surface area contributed by atoms with Crippen molar-refractivity contribution in [2.45, 2.75) is 77.2 Å². The molecule has 0 heterocycles. The molecular formula is C31H40N2O3. The molecular weight excluding hydrogens is 448 g/mol. The predicted molar refractivity (Wildman–Crippen MR) is 142 cm³/mol. The lowest BCUT2D eigenvalue weighted by Gasteiger charge is -2.58. The summed E-state index contributed by atoms with van der Waals surface area (Å²) in [7, 11) is 0. The van der Waals surface area contributed by atoms with Crippen molar-refractivity contribution in [3.05, 3.63) is 47.5 Å². The molecule has 1 aromatic carbocycles. The van der Waals surface area contributed by atoms with E-state index in [0.29, 0.717) is 24.3 Å². The molecule has 1 aromatic rings. The van der Waals surface area contributed by atoms with Gasteiger partial charge in [0, 0.05) is 12.0 Å². The van der Waals surface area contributed by atoms with Gasteiger partial charge in [-0.3, -0.25) is 4.79 Å². The summed E-state index contributed by atoms with van der Waals surface area (Å²) in [6, 6.07) is 10.1. The number of carbonyl (C=O) groups is 1. The van der Waals surface area contributed by atoms with Crippen LogP contribution >= 0.6 is 0 Å². The van der Waals surface area contributed by atoms with Crippen LogP contribution in [0.5, 0.6) is 0 Å². The Kier molecular flexibility index (Phi) is 6.76. The summed E-state index contributed by atoms with van der Waals surface area (Å²) in [5.41, 5.74) is 2.70. The van der Waals surface area contributed by atoms with E-state index < -0.39 is 5.60 Å². The molecule has 4 aliphatic rings. The lowest BCUT2D eigenvalue weighted by atomic mass is 9.46. The Bertz CT molecular complexity index is 1090. The van der Waals surface area contributed by atoms with Crippen LogP contribution in [0, 0.1) is 40.9 Å². The average molecular weight is 489 g/mol. The molecule has 6 unspecified atom stereocenters. The summed E-state index contributed by atoms with van der Waals surface area (Å²) in [6.07, 6.45) is 16.9. The molecule has 192 valence electrons. The number of allylic oxidation sites excluding steroid dienone is 2. The maximum atomic E-state index is 12.1. The van der Waals surface area contributed by atoms with Crippen LogP contribution in [0.3, 0.4) is 0 Å². The molecule has 0 spiro atoms. The van der Waals surface area contributed by atoms with Crippen LogP contribution in [0.15, 0.2) is 47.1 Å². The molecule has 4 aliphatic carbocycles. The fourth-order valence-corrected chi connectivity index (χ4v) is 8.11. The normalized spacial score (nSPS) is 38.2. The van der Waals surface area contributed by atoms with Crippen LogP contribution in [0.2, 0.25) is 0 Å². The summed E-state index contributed by atoms with van der Waals surface area (Å²) < 4.78 is 0. The Labute approximate surface area is 215 Å². The first kappa shape index (κ1) is 25.1. The van der Waals surface area contributed by atoms with E-state index in [9.17, 15) is 9.90 Å². The molecule has 3 fully saturated rings. The van der Waals surface area contributed by atoms with Crippen molar-refractivity contribution in [1.29, 1.82) is 0 Å². The number of rotatable bonds is 6. The zero-order valence-electron chi connectivity index (χ0n) is 21.8. The standard InChI is InChI=1S/C31H40N2O3/c1-4-31(35)18-14-27-25-11-10-23-20-24(12-16-29(23,2)26(25)13-17-30(27,31)3)33-36-21-28(34)32-19-15-22-8-6-5-7-9-22/h1,5-9,20,25-27,35H,10-19,21H2,2-3H3,(H,32,34). The molecule has 5 rings (SSSR count). The van der Waals surface area contributed by atoms with E-state index in [4.69, 9.17) is 11.3 Å². The number of fused-ring (bicyclic) bond motifs is 5. The van der Waals surface area contributed by atoms with Gasteiger partial charge in [0.1, 0.15) is 5.60 Å². The van der Waals surface area contributed by atoms with Crippen molar-refractivity contribution in [3.63, 3.8) is 0 Å². The first-order valence-corrected chi connectivity index (χ1v) is 13.7. The topological polar surface area (TPSA) is 70.9 Å². The Hall–Kier alpha value is -2.58. The Morgan fingerprint density at radius 2 is 1.92 bits per heavy atom. The summed E-state index contributed by atoms with van der Waals surface area (Å²) in [5, 5.41) is 18.4. The summed E-state index contributed by atoms with van der Waals surface area (Å²) in [4.78, 5) is 17.6. The van der Waals surface area contributed by atoms with E-state index in [0.717, 1.165) is 63.5 Å². The third kappa shape index (κ3) is 4.28. The average Bonchev–Trinajstić information content (AvgIpc) is 3.16. The van der Waals surface area contributed by atoms with E-state index in [1.807, 2.05) is 18.2 Å². The molecule has 0 saturated heterocycles. The van der Waals surface area contributed by atoms with Crippen molar-refractivity contribution in [2.75, 3.05) is 13.2 Å². The highest BCUT2D eigenvalue weighted by molar-refractivity contribution is 5.96. The van der Waals surface area contributed by atoms with Gasteiger partial charge in [-0.05, 0) is 92.6 Å². The highest BCUT2D eigenvalue weighted by Gasteiger charge is 2.63. The monoisotopic (exact) mass is 488 g/mol. The fourth-order valence-electron chi connectivity index (χ4n) is 8.11. The molecule has 0 bridgehead atoms. The van der Waals surface area contributed by atoms with Crippen LogP contribution in [0.25, 0.3) is 0 Å². The minimum atomic E-state index is -0.947. The van der Waals surface area contributed by atoms with E-state index in [1.165, 1.54) is 11.1 Å². The van der Waals surface area contributed by atoms with Crippen molar-refractivity contribution in [1.82, 2.24) is 5.32 Å². The van der Waals surface area contributed by atoms with E-state index in [-0.39, 0.29) is 23.3 Å². The van der Waals surface area contributed by atoms with Crippen LogP contribution in [0.4, 0.5) is 0 Å². The van der Waals surface area contributed by atoms with Gasteiger partial charge < -0.3 is 15.3 Å². The highest BCUT2D eigenvalue weighted by atomic mass is 16.6. The van der Waals surface area contributed by atoms with E-state index >= 15 is 0 Å². The van der Waals surface area contributed by atoms with Crippen LogP contribution in [-0.4, -0.2) is 35.5 Å². The fraction of sp³-hybridized carbons (Fsp3) is 0.613. The van der Waals surface area contributed by atoms with Gasteiger partial charge in [0.15, 0.2) is 6.61 Å². The van der Waals surface area contributed by atoms with Crippen molar-refractivity contribution < 1.29 is 14.7 Å². The minimum absolute atomic E-state index is 0.0538. The number of oxime groups is 1. The third-order valence-corrected chi connectivity index (χ3v) is 10.3. The molecule has 3 saturated carbocycles. The molecule has 2 N–H and O–H groups in total. The Balaban J connectivity index is 1.17. The number of nitrogens with one attached hydrogen (secondary N) is 1. The number of benzene rings is 1. The van der Waals surface area contributed by atoms with Crippen LogP contribution in [0.1, 0.15) is 70.8 Å². The first-order chi connectivity index (χ1) is 17.3. The summed E-state index contributed by atoms with van der Waals surface area (Å²) in [6.45, 7) is 5.22. The van der Waals surface area contributed by atoms with Crippen molar-refractivity contribution in [2.24, 2.45) is 33.7 Å². The van der Waals surface area contributed by atoms with Gasteiger partial charge in [0.2, 0.25) is 0 Å². The number of hydrogen-bond acceptors (Lipinski definition) is 4. The number of carbonyl (C=O) groups excluding carboxylic acids is 1. The number of aliphatic hydroxyl groups is 1. The number of nitrogens with zero attached hydrogens (tertiary/aromatic N) is 1. The Morgan fingerprint density at radius 1 is 1.14 bits per heavy atom. The smallest absolute Gasteiger partial charge is 0.260 e. The number of hydrogen-bond donors (Lipinski definition) is 2. The van der Waals surface area contributed by atoms with Gasteiger partial charge in [0.25, 0.3) is 5.91 Å². The second-order valence-electron chi connectivity index (χ2n) is 11.9. The maximum Gasteiger partial charge on any atom is 0.260 e. The highest BCUT2D eigenvalue weighted by Crippen LogP contribution is 2.67. The minimum Gasteiger partial charge on any atom is -0.385 e. The summed E-state index contributed by atoms with van der Waals surface area (Å²) in [5.74, 6) is 4.41. The van der Waals surface area contributed by atoms with Crippen LogP contribution in [-0.2, 0) is 16.1 Å². The second-order valence-corrected chi connectivity index (χ2v) is 11.9. The van der Waals surface area contributed by atoms with Gasteiger partial charge in [-0.15, -0.1) is 6.42 Å². The van der Waals surface area contributed by atoms with E-state index in [2.05, 4.69) is 48.4 Å². The molecule has 0 aromatic heterocycles. The van der Waals surface area contributed by atoms with Crippen molar-refractivity contribution in [3.8, 4) is 12.3 Å². The van der Waals surface area contributed by atoms with Gasteiger partial charge in [-0.25, -0.2) is 0 Å². The molecule has 5 heteroatoms.